The van der Waals surface area contributed by atoms with Gasteiger partial charge in [0.05, 0.1) is 5.60 Å². The van der Waals surface area contributed by atoms with Crippen LogP contribution in [-0.4, -0.2) is 25.3 Å². The van der Waals surface area contributed by atoms with Gasteiger partial charge in [0.15, 0.2) is 0 Å². The highest BCUT2D eigenvalue weighted by atomic mass is 16.5. The maximum atomic E-state index is 5.98. The van der Waals surface area contributed by atoms with Crippen LogP contribution in [0.1, 0.15) is 65.7 Å². The molecule has 1 atom stereocenters. The molecule has 1 unspecified atom stereocenters. The first-order chi connectivity index (χ1) is 8.14. The summed E-state index contributed by atoms with van der Waals surface area (Å²) in [5.74, 6) is 0.735. The molecule has 0 saturated heterocycles. The fourth-order valence-corrected chi connectivity index (χ4v) is 3.12. The van der Waals surface area contributed by atoms with Gasteiger partial charge in [-0.2, -0.15) is 0 Å². The Labute approximate surface area is 108 Å². The number of hydrogen-bond donors (Lipinski definition) is 1. The van der Waals surface area contributed by atoms with Gasteiger partial charge in [0.25, 0.3) is 0 Å². The first kappa shape index (κ1) is 15.0. The molecule has 1 saturated carbocycles. The van der Waals surface area contributed by atoms with E-state index in [0.29, 0.717) is 6.04 Å². The van der Waals surface area contributed by atoms with Gasteiger partial charge >= 0.3 is 0 Å². The molecule has 0 aromatic carbocycles. The van der Waals surface area contributed by atoms with E-state index in [9.17, 15) is 0 Å². The third-order valence-electron chi connectivity index (χ3n) is 4.09. The lowest BCUT2D eigenvalue weighted by atomic mass is 9.76. The Bertz CT molecular complexity index is 197. The van der Waals surface area contributed by atoms with Crippen LogP contribution in [0.15, 0.2) is 0 Å². The zero-order chi connectivity index (χ0) is 12.7. The van der Waals surface area contributed by atoms with Crippen LogP contribution < -0.4 is 5.32 Å². The molecule has 1 N–H and O–H groups in total. The Morgan fingerprint density at radius 1 is 1.18 bits per heavy atom. The molecule has 0 aromatic rings. The van der Waals surface area contributed by atoms with E-state index in [1.165, 1.54) is 44.9 Å². The molecule has 0 aromatic heterocycles. The number of hydrogen-bond acceptors (Lipinski definition) is 2. The molecular weight excluding hydrogens is 210 g/mol. The van der Waals surface area contributed by atoms with Gasteiger partial charge in [-0.15, -0.1) is 0 Å². The summed E-state index contributed by atoms with van der Waals surface area (Å²) in [5, 5.41) is 3.74. The maximum absolute atomic E-state index is 5.98. The van der Waals surface area contributed by atoms with Gasteiger partial charge in [-0.1, -0.05) is 40.0 Å². The average Bonchev–Trinajstić information content (AvgIpc) is 2.35. The second kappa shape index (κ2) is 7.38. The smallest absolute Gasteiger partial charge is 0.0831 e. The van der Waals surface area contributed by atoms with Gasteiger partial charge in [-0.3, -0.25) is 0 Å². The molecule has 1 aliphatic rings. The highest BCUT2D eigenvalue weighted by Crippen LogP contribution is 2.36. The Kier molecular flexibility index (Phi) is 6.50. The summed E-state index contributed by atoms with van der Waals surface area (Å²) in [7, 11) is 1.91. The summed E-state index contributed by atoms with van der Waals surface area (Å²) < 4.78 is 5.98. The summed E-state index contributed by atoms with van der Waals surface area (Å²) >= 11 is 0. The van der Waals surface area contributed by atoms with Crippen molar-refractivity contribution in [3.05, 3.63) is 0 Å². The fraction of sp³-hybridized carbons (Fsp3) is 1.00. The van der Waals surface area contributed by atoms with Crippen LogP contribution in [0, 0.1) is 5.92 Å². The van der Waals surface area contributed by atoms with Crippen LogP contribution in [0.3, 0.4) is 0 Å². The van der Waals surface area contributed by atoms with E-state index in [4.69, 9.17) is 4.74 Å². The Balaban J connectivity index is 2.68. The molecule has 0 radical (unpaired) electrons. The van der Waals surface area contributed by atoms with Gasteiger partial charge in [0.1, 0.15) is 0 Å². The zero-order valence-corrected chi connectivity index (χ0v) is 12.2. The van der Waals surface area contributed by atoms with E-state index in [2.05, 4.69) is 26.1 Å². The van der Waals surface area contributed by atoms with Gasteiger partial charge < -0.3 is 10.1 Å². The molecule has 0 heterocycles. The Hall–Kier alpha value is -0.0800. The highest BCUT2D eigenvalue weighted by Gasteiger charge is 2.39. The minimum absolute atomic E-state index is 0.109. The standard InChI is InChI=1S/C15H31NO/c1-5-11-16-14(12-13(2)3)15(17-4)9-7-6-8-10-15/h13-14,16H,5-12H2,1-4H3. The van der Waals surface area contributed by atoms with Crippen LogP contribution >= 0.6 is 0 Å². The summed E-state index contributed by atoms with van der Waals surface area (Å²) in [6.45, 7) is 7.97. The van der Waals surface area contributed by atoms with E-state index in [1.807, 2.05) is 7.11 Å². The van der Waals surface area contributed by atoms with E-state index in [1.54, 1.807) is 0 Å². The number of methoxy groups -OCH3 is 1. The quantitative estimate of drug-likeness (QED) is 0.733. The maximum Gasteiger partial charge on any atom is 0.0831 e. The van der Waals surface area contributed by atoms with Crippen molar-refractivity contribution < 1.29 is 4.74 Å². The molecule has 0 spiro atoms. The topological polar surface area (TPSA) is 21.3 Å². The Morgan fingerprint density at radius 2 is 1.82 bits per heavy atom. The number of nitrogens with one attached hydrogen (secondary N) is 1. The lowest BCUT2D eigenvalue weighted by Crippen LogP contribution is -2.54. The molecule has 2 nitrogen and oxygen atoms in total. The van der Waals surface area contributed by atoms with Crippen LogP contribution in [-0.2, 0) is 4.74 Å². The summed E-state index contributed by atoms with van der Waals surface area (Å²) in [6, 6.07) is 0.535. The van der Waals surface area contributed by atoms with Gasteiger partial charge in [-0.25, -0.2) is 0 Å². The number of ether oxygens (including phenoxy) is 1. The molecule has 0 aliphatic heterocycles. The molecule has 0 amide bonds. The van der Waals surface area contributed by atoms with Crippen molar-refractivity contribution in [2.45, 2.75) is 77.4 Å². The van der Waals surface area contributed by atoms with Crippen molar-refractivity contribution in [1.29, 1.82) is 0 Å². The highest BCUT2D eigenvalue weighted by molar-refractivity contribution is 4.95. The van der Waals surface area contributed by atoms with Crippen LogP contribution in [0.25, 0.3) is 0 Å². The van der Waals surface area contributed by atoms with E-state index >= 15 is 0 Å². The second-order valence-corrected chi connectivity index (χ2v) is 5.97. The molecule has 1 fully saturated rings. The lowest BCUT2D eigenvalue weighted by molar-refractivity contribution is -0.0716. The van der Waals surface area contributed by atoms with E-state index in [0.717, 1.165) is 12.5 Å². The third-order valence-corrected chi connectivity index (χ3v) is 4.09. The van der Waals surface area contributed by atoms with Gasteiger partial charge in [-0.05, 0) is 38.1 Å². The van der Waals surface area contributed by atoms with Crippen molar-refractivity contribution in [2.24, 2.45) is 5.92 Å². The van der Waals surface area contributed by atoms with Crippen LogP contribution in [0.2, 0.25) is 0 Å². The van der Waals surface area contributed by atoms with Crippen LogP contribution in [0.4, 0.5) is 0 Å². The van der Waals surface area contributed by atoms with Gasteiger partial charge in [0.2, 0.25) is 0 Å². The van der Waals surface area contributed by atoms with Crippen molar-refractivity contribution in [3.63, 3.8) is 0 Å². The van der Waals surface area contributed by atoms with Gasteiger partial charge in [0, 0.05) is 13.2 Å². The molecule has 2 heteroatoms. The molecule has 1 rings (SSSR count). The largest absolute Gasteiger partial charge is 0.377 e. The predicted octanol–water partition coefficient (Wildman–Crippen LogP) is 3.75. The minimum atomic E-state index is 0.109. The summed E-state index contributed by atoms with van der Waals surface area (Å²) in [5.41, 5.74) is 0.109. The zero-order valence-electron chi connectivity index (χ0n) is 12.2. The minimum Gasteiger partial charge on any atom is -0.377 e. The normalized spacial score (nSPS) is 21.7. The van der Waals surface area contributed by atoms with E-state index < -0.39 is 0 Å². The second-order valence-electron chi connectivity index (χ2n) is 5.97. The third kappa shape index (κ3) is 4.26. The fourth-order valence-electron chi connectivity index (χ4n) is 3.12. The van der Waals surface area contributed by atoms with E-state index in [-0.39, 0.29) is 5.60 Å². The molecule has 17 heavy (non-hydrogen) atoms. The monoisotopic (exact) mass is 241 g/mol. The van der Waals surface area contributed by atoms with Crippen molar-refractivity contribution in [3.8, 4) is 0 Å². The van der Waals surface area contributed by atoms with Crippen molar-refractivity contribution >= 4 is 0 Å². The first-order valence-electron chi connectivity index (χ1n) is 7.43. The molecule has 102 valence electrons. The molecule has 0 bridgehead atoms. The molecule has 1 aliphatic carbocycles. The molecular formula is C15H31NO. The predicted molar refractivity (Wildman–Crippen MR) is 74.4 cm³/mol. The summed E-state index contributed by atoms with van der Waals surface area (Å²) in [6.07, 6.45) is 8.94. The SMILES string of the molecule is CCCNC(CC(C)C)C1(OC)CCCCC1. The van der Waals surface area contributed by atoms with Crippen LogP contribution in [0.5, 0.6) is 0 Å². The van der Waals surface area contributed by atoms with Crippen molar-refractivity contribution in [2.75, 3.05) is 13.7 Å². The summed E-state index contributed by atoms with van der Waals surface area (Å²) in [4.78, 5) is 0. The Morgan fingerprint density at radius 3 is 2.29 bits per heavy atom. The first-order valence-corrected chi connectivity index (χ1v) is 7.43. The average molecular weight is 241 g/mol. The number of rotatable bonds is 7. The lowest BCUT2D eigenvalue weighted by Gasteiger charge is -2.43. The van der Waals surface area contributed by atoms with Crippen molar-refractivity contribution in [1.82, 2.24) is 5.32 Å².